The van der Waals surface area contributed by atoms with Gasteiger partial charge in [0.05, 0.1) is 11.8 Å². The van der Waals surface area contributed by atoms with E-state index in [1.165, 1.54) is 18.2 Å². The molecule has 1 heterocycles. The molecule has 1 saturated heterocycles. The van der Waals surface area contributed by atoms with Crippen LogP contribution in [0.3, 0.4) is 0 Å². The number of rotatable bonds is 7. The first kappa shape index (κ1) is 18.7. The maximum Gasteiger partial charge on any atom is 0.224 e. The van der Waals surface area contributed by atoms with Gasteiger partial charge in [-0.3, -0.25) is 4.79 Å². The monoisotopic (exact) mass is 332 g/mol. The summed E-state index contributed by atoms with van der Waals surface area (Å²) in [6.07, 6.45) is 2.95. The third-order valence-corrected chi connectivity index (χ3v) is 3.27. The molecular weight excluding hydrogens is 311 g/mol. The van der Waals surface area contributed by atoms with Crippen molar-refractivity contribution in [2.24, 2.45) is 5.73 Å². The summed E-state index contributed by atoms with van der Waals surface area (Å²) in [5, 5.41) is 2.66. The number of carbonyl (C=O) groups excluding carboxylic acids is 1. The maximum absolute atomic E-state index is 13.3. The van der Waals surface area contributed by atoms with Crippen molar-refractivity contribution in [3.63, 3.8) is 0 Å². The Hall–Kier alpha value is -1.37. The lowest BCUT2D eigenvalue weighted by Crippen LogP contribution is -2.18. The Morgan fingerprint density at radius 1 is 1.50 bits per heavy atom. The van der Waals surface area contributed by atoms with Crippen molar-refractivity contribution in [1.82, 2.24) is 0 Å². The van der Waals surface area contributed by atoms with Crippen LogP contribution in [-0.2, 0) is 9.53 Å². The first-order valence-corrected chi connectivity index (χ1v) is 7.23. The van der Waals surface area contributed by atoms with Crippen LogP contribution in [-0.4, -0.2) is 31.8 Å². The predicted octanol–water partition coefficient (Wildman–Crippen LogP) is 2.48. The number of nitrogens with two attached hydrogens (primary N) is 1. The smallest absolute Gasteiger partial charge is 0.224 e. The minimum Gasteiger partial charge on any atom is -0.489 e. The van der Waals surface area contributed by atoms with E-state index in [9.17, 15) is 9.18 Å². The number of carbonyl (C=O) groups is 1. The summed E-state index contributed by atoms with van der Waals surface area (Å²) >= 11 is 0. The van der Waals surface area contributed by atoms with Gasteiger partial charge in [-0.25, -0.2) is 4.39 Å². The minimum absolute atomic E-state index is 0. The third-order valence-electron chi connectivity index (χ3n) is 3.27. The lowest BCUT2D eigenvalue weighted by atomic mass is 10.2. The first-order valence-electron chi connectivity index (χ1n) is 7.23. The average Bonchev–Trinajstić information content (AvgIpc) is 2.97. The first-order chi connectivity index (χ1) is 10.2. The van der Waals surface area contributed by atoms with Gasteiger partial charge in [-0.05, 0) is 37.9 Å². The number of benzene rings is 1. The van der Waals surface area contributed by atoms with Gasteiger partial charge in [0, 0.05) is 19.1 Å². The van der Waals surface area contributed by atoms with Gasteiger partial charge in [0.2, 0.25) is 5.91 Å². The van der Waals surface area contributed by atoms with E-state index in [0.717, 1.165) is 19.4 Å². The fourth-order valence-electron chi connectivity index (χ4n) is 2.16. The molecule has 124 valence electrons. The SMILES string of the molecule is Cl.NCCCC(=O)Nc1cc(F)ccc1OCC1CCCO1. The largest absolute Gasteiger partial charge is 0.489 e. The summed E-state index contributed by atoms with van der Waals surface area (Å²) in [5.41, 5.74) is 5.71. The van der Waals surface area contributed by atoms with Crippen molar-refractivity contribution < 1.29 is 18.7 Å². The normalized spacial score (nSPS) is 16.9. The van der Waals surface area contributed by atoms with E-state index in [4.69, 9.17) is 15.2 Å². The summed E-state index contributed by atoms with van der Waals surface area (Å²) in [6, 6.07) is 4.08. The summed E-state index contributed by atoms with van der Waals surface area (Å²) in [7, 11) is 0. The van der Waals surface area contributed by atoms with Crippen molar-refractivity contribution in [2.75, 3.05) is 25.1 Å². The topological polar surface area (TPSA) is 73.6 Å². The van der Waals surface area contributed by atoms with Gasteiger partial charge >= 0.3 is 0 Å². The number of amides is 1. The molecule has 5 nitrogen and oxygen atoms in total. The van der Waals surface area contributed by atoms with Crippen molar-refractivity contribution in [3.8, 4) is 5.75 Å². The second-order valence-corrected chi connectivity index (χ2v) is 5.03. The van der Waals surface area contributed by atoms with Crippen LogP contribution in [0.4, 0.5) is 10.1 Å². The zero-order chi connectivity index (χ0) is 15.1. The Morgan fingerprint density at radius 3 is 3.00 bits per heavy atom. The standard InChI is InChI=1S/C15H21FN2O3.ClH/c16-11-5-6-14(21-10-12-3-2-8-20-12)13(9-11)18-15(19)4-1-7-17;/h5-6,9,12H,1-4,7-8,10,17H2,(H,18,19);1H. The van der Waals surface area contributed by atoms with Gasteiger partial charge in [-0.1, -0.05) is 0 Å². The second kappa shape index (κ2) is 9.61. The van der Waals surface area contributed by atoms with Crippen molar-refractivity contribution in [3.05, 3.63) is 24.0 Å². The highest BCUT2D eigenvalue weighted by Gasteiger charge is 2.17. The van der Waals surface area contributed by atoms with Gasteiger partial charge in [0.15, 0.2) is 0 Å². The summed E-state index contributed by atoms with van der Waals surface area (Å²) in [6.45, 7) is 1.59. The van der Waals surface area contributed by atoms with E-state index >= 15 is 0 Å². The van der Waals surface area contributed by atoms with E-state index in [1.54, 1.807) is 0 Å². The van der Waals surface area contributed by atoms with Crippen LogP contribution in [0, 0.1) is 5.82 Å². The molecule has 1 atom stereocenters. The minimum atomic E-state index is -0.423. The van der Waals surface area contributed by atoms with Gasteiger partial charge in [0.1, 0.15) is 18.2 Å². The van der Waals surface area contributed by atoms with E-state index in [0.29, 0.717) is 37.4 Å². The number of nitrogens with one attached hydrogen (secondary N) is 1. The Balaban J connectivity index is 0.00000242. The van der Waals surface area contributed by atoms with Crippen LogP contribution in [0.5, 0.6) is 5.75 Å². The van der Waals surface area contributed by atoms with Gasteiger partial charge in [0.25, 0.3) is 0 Å². The Kier molecular flexibility index (Phi) is 8.16. The van der Waals surface area contributed by atoms with Crippen LogP contribution in [0.15, 0.2) is 18.2 Å². The molecule has 1 fully saturated rings. The van der Waals surface area contributed by atoms with Crippen molar-refractivity contribution in [2.45, 2.75) is 31.8 Å². The highest BCUT2D eigenvalue weighted by atomic mass is 35.5. The maximum atomic E-state index is 13.3. The van der Waals surface area contributed by atoms with Crippen LogP contribution < -0.4 is 15.8 Å². The zero-order valence-electron chi connectivity index (χ0n) is 12.3. The molecule has 7 heteroatoms. The Bertz CT molecular complexity index is 482. The molecule has 0 aliphatic carbocycles. The van der Waals surface area contributed by atoms with Gasteiger partial charge < -0.3 is 20.5 Å². The summed E-state index contributed by atoms with van der Waals surface area (Å²) < 4.78 is 24.5. The molecule has 1 aliphatic rings. The fourth-order valence-corrected chi connectivity index (χ4v) is 2.16. The number of hydrogen-bond acceptors (Lipinski definition) is 4. The van der Waals surface area contributed by atoms with Crippen LogP contribution in [0.2, 0.25) is 0 Å². The molecule has 0 spiro atoms. The van der Waals surface area contributed by atoms with Crippen LogP contribution >= 0.6 is 12.4 Å². The summed E-state index contributed by atoms with van der Waals surface area (Å²) in [4.78, 5) is 11.7. The second-order valence-electron chi connectivity index (χ2n) is 5.03. The molecule has 1 aromatic rings. The van der Waals surface area contributed by atoms with E-state index < -0.39 is 5.82 Å². The molecule has 3 N–H and O–H groups in total. The Morgan fingerprint density at radius 2 is 2.32 bits per heavy atom. The summed E-state index contributed by atoms with van der Waals surface area (Å²) in [5.74, 6) is -0.172. The van der Waals surface area contributed by atoms with Crippen molar-refractivity contribution in [1.29, 1.82) is 0 Å². The molecule has 1 aliphatic heterocycles. The average molecular weight is 333 g/mol. The highest BCUT2D eigenvalue weighted by molar-refractivity contribution is 5.92. The van der Waals surface area contributed by atoms with Crippen LogP contribution in [0.25, 0.3) is 0 Å². The lowest BCUT2D eigenvalue weighted by Gasteiger charge is -2.15. The fraction of sp³-hybridized carbons (Fsp3) is 0.533. The van der Waals surface area contributed by atoms with Gasteiger partial charge in [-0.2, -0.15) is 0 Å². The molecule has 1 aromatic carbocycles. The van der Waals surface area contributed by atoms with E-state index in [-0.39, 0.29) is 24.4 Å². The molecule has 1 unspecified atom stereocenters. The molecule has 0 aromatic heterocycles. The van der Waals surface area contributed by atoms with E-state index in [1.807, 2.05) is 0 Å². The molecular formula is C15H22ClFN2O3. The molecule has 1 amide bonds. The lowest BCUT2D eigenvalue weighted by molar-refractivity contribution is -0.116. The van der Waals surface area contributed by atoms with Crippen molar-refractivity contribution >= 4 is 24.0 Å². The van der Waals surface area contributed by atoms with Crippen LogP contribution in [0.1, 0.15) is 25.7 Å². The Labute approximate surface area is 135 Å². The quantitative estimate of drug-likeness (QED) is 0.804. The molecule has 0 saturated carbocycles. The molecule has 22 heavy (non-hydrogen) atoms. The number of halogens is 2. The molecule has 2 rings (SSSR count). The zero-order valence-corrected chi connectivity index (χ0v) is 13.2. The van der Waals surface area contributed by atoms with Gasteiger partial charge in [-0.15, -0.1) is 12.4 Å². The highest BCUT2D eigenvalue weighted by Crippen LogP contribution is 2.26. The number of anilines is 1. The predicted molar refractivity (Wildman–Crippen MR) is 85.0 cm³/mol. The number of ether oxygens (including phenoxy) is 2. The molecule has 0 radical (unpaired) electrons. The third kappa shape index (κ3) is 5.79. The number of hydrogen-bond donors (Lipinski definition) is 2. The van der Waals surface area contributed by atoms with E-state index in [2.05, 4.69) is 5.32 Å². The molecule has 0 bridgehead atoms.